The van der Waals surface area contributed by atoms with Crippen molar-refractivity contribution >= 4 is 21.7 Å². The van der Waals surface area contributed by atoms with Gasteiger partial charge in [-0.1, -0.05) is 69.9 Å². The molecule has 4 rings (SSSR count). The third-order valence-electron chi connectivity index (χ3n) is 8.74. The van der Waals surface area contributed by atoms with Gasteiger partial charge in [0, 0.05) is 58.9 Å². The quantitative estimate of drug-likeness (QED) is 0.238. The number of aliphatic carboxylic acids is 1. The molecule has 2 aromatic rings. The minimum atomic E-state index is -3.39. The smallest absolute Gasteiger partial charge is 0.326 e. The highest BCUT2D eigenvalue weighted by molar-refractivity contribution is 7.90. The molecule has 1 unspecified atom stereocenters. The molecule has 0 radical (unpaired) electrons. The highest BCUT2D eigenvalue weighted by Crippen LogP contribution is 2.31. The summed E-state index contributed by atoms with van der Waals surface area (Å²) >= 11 is 0. The number of hydrogen-bond donors (Lipinski definition) is 2. The fourth-order valence-corrected chi connectivity index (χ4v) is 6.91. The predicted octanol–water partition coefficient (Wildman–Crippen LogP) is 6.14. The average molecular weight is 705 g/mol. The molecule has 2 fully saturated rings. The SMILES string of the molecule is CCC.COC.CO[C@H]1C[C@@H](COCC2CCCCC2)N(Cc2ccc(C(=O)NC(CCS(C)(=O)=O)C(=O)O)c(-c3ccccc3C)c2)C1. The van der Waals surface area contributed by atoms with Crippen molar-refractivity contribution in [2.24, 2.45) is 5.92 Å². The number of benzene rings is 2. The third kappa shape index (κ3) is 14.9. The third-order valence-corrected chi connectivity index (χ3v) is 9.72. The van der Waals surface area contributed by atoms with E-state index in [1.54, 1.807) is 27.4 Å². The second kappa shape index (κ2) is 22.1. The maximum atomic E-state index is 13.5. The molecule has 1 saturated carbocycles. The standard InChI is InChI=1S/C33H46N2O7S.C3H8.C2H6O/c1-23-9-7-8-12-28(23)30-17-25(13-14-29(30)32(36)34-31(33(37)38)15-16-43(3,39)40)19-35-20-27(41-2)18-26(35)22-42-21-24-10-5-4-6-11-24;2*1-3-2/h7-9,12-14,17,24,26-27,31H,4-6,10-11,15-16,18-22H2,1-3H3,(H,34,36)(H,37,38);3H2,1-2H3;1-2H3/t26-,27-,31?;;/m0../s1. The van der Waals surface area contributed by atoms with Crippen LogP contribution in [0, 0.1) is 12.8 Å². The lowest BCUT2D eigenvalue weighted by Gasteiger charge is -2.26. The first kappa shape index (κ1) is 42.3. The molecule has 1 saturated heterocycles. The fraction of sp³-hybridized carbons (Fsp3) is 0.632. The van der Waals surface area contributed by atoms with Gasteiger partial charge in [0.25, 0.3) is 5.91 Å². The van der Waals surface area contributed by atoms with Gasteiger partial charge in [0.2, 0.25) is 0 Å². The second-order valence-corrected chi connectivity index (χ2v) is 15.6. The number of amides is 1. The summed E-state index contributed by atoms with van der Waals surface area (Å²) in [6.07, 6.45) is 9.54. The summed E-state index contributed by atoms with van der Waals surface area (Å²) in [5.41, 5.74) is 3.92. The number of aryl methyl sites for hydroxylation is 1. The lowest BCUT2D eigenvalue weighted by atomic mass is 9.90. The highest BCUT2D eigenvalue weighted by Gasteiger charge is 2.33. The number of hydrogen-bond acceptors (Lipinski definition) is 8. The number of rotatable bonds is 14. The normalized spacial score (nSPS) is 18.8. The first-order valence-electron chi connectivity index (χ1n) is 17.5. The van der Waals surface area contributed by atoms with E-state index in [4.69, 9.17) is 9.47 Å². The topological polar surface area (TPSA) is 131 Å². The molecule has 2 aromatic carbocycles. The van der Waals surface area contributed by atoms with Crippen molar-refractivity contribution in [2.45, 2.75) is 96.9 Å². The van der Waals surface area contributed by atoms with Crippen LogP contribution in [-0.4, -0.2) is 102 Å². The van der Waals surface area contributed by atoms with Crippen LogP contribution in [-0.2, 0) is 35.4 Å². The van der Waals surface area contributed by atoms with Gasteiger partial charge in [-0.15, -0.1) is 0 Å². The number of nitrogens with one attached hydrogen (secondary N) is 1. The Hall–Kier alpha value is -2.83. The molecule has 2 aliphatic rings. The van der Waals surface area contributed by atoms with Gasteiger partial charge in [0.05, 0.1) is 18.5 Å². The molecule has 49 heavy (non-hydrogen) atoms. The van der Waals surface area contributed by atoms with Gasteiger partial charge in [0.1, 0.15) is 15.9 Å². The van der Waals surface area contributed by atoms with Gasteiger partial charge in [-0.25, -0.2) is 13.2 Å². The minimum absolute atomic E-state index is 0.129. The van der Waals surface area contributed by atoms with Crippen LogP contribution in [0.4, 0.5) is 0 Å². The zero-order chi connectivity index (χ0) is 36.4. The van der Waals surface area contributed by atoms with Crippen molar-refractivity contribution < 1.29 is 37.3 Å². The largest absolute Gasteiger partial charge is 0.480 e. The zero-order valence-corrected chi connectivity index (χ0v) is 31.5. The van der Waals surface area contributed by atoms with E-state index in [0.717, 1.165) is 42.5 Å². The second-order valence-electron chi connectivity index (χ2n) is 13.3. The van der Waals surface area contributed by atoms with E-state index in [1.165, 1.54) is 38.5 Å². The Morgan fingerprint density at radius 1 is 1.00 bits per heavy atom. The molecule has 1 aliphatic carbocycles. The van der Waals surface area contributed by atoms with Crippen LogP contribution in [0.25, 0.3) is 11.1 Å². The van der Waals surface area contributed by atoms with Crippen LogP contribution >= 0.6 is 0 Å². The number of carbonyl (C=O) groups is 2. The molecule has 3 atom stereocenters. The Labute approximate surface area is 294 Å². The maximum Gasteiger partial charge on any atom is 0.326 e. The Kier molecular flexibility index (Phi) is 19.1. The number of carbonyl (C=O) groups excluding carboxylic acids is 1. The van der Waals surface area contributed by atoms with Gasteiger partial charge in [0.15, 0.2) is 0 Å². The predicted molar refractivity (Wildman–Crippen MR) is 196 cm³/mol. The van der Waals surface area contributed by atoms with Crippen LogP contribution in [0.2, 0.25) is 0 Å². The van der Waals surface area contributed by atoms with E-state index in [1.807, 2.05) is 43.3 Å². The monoisotopic (exact) mass is 704 g/mol. The van der Waals surface area contributed by atoms with Crippen molar-refractivity contribution in [2.75, 3.05) is 53.1 Å². The van der Waals surface area contributed by atoms with Crippen LogP contribution in [0.1, 0.15) is 86.7 Å². The minimum Gasteiger partial charge on any atom is -0.480 e. The first-order chi connectivity index (χ1) is 23.4. The summed E-state index contributed by atoms with van der Waals surface area (Å²) < 4.78 is 39.5. The van der Waals surface area contributed by atoms with Crippen LogP contribution in [0.5, 0.6) is 0 Å². The molecule has 11 heteroatoms. The Balaban J connectivity index is 0.00000129. The van der Waals surface area contributed by atoms with E-state index in [9.17, 15) is 23.1 Å². The Morgan fingerprint density at radius 2 is 1.65 bits per heavy atom. The molecule has 0 bridgehead atoms. The molecule has 1 aliphatic heterocycles. The molecule has 0 spiro atoms. The average Bonchev–Trinajstić information content (AvgIpc) is 3.45. The molecule has 10 nitrogen and oxygen atoms in total. The molecule has 1 amide bonds. The number of carboxylic acid groups (broad SMARTS) is 1. The summed E-state index contributed by atoms with van der Waals surface area (Å²) in [6.45, 7) is 9.14. The summed E-state index contributed by atoms with van der Waals surface area (Å²) in [5, 5.41) is 12.2. The molecular weight excluding hydrogens is 644 g/mol. The van der Waals surface area contributed by atoms with Crippen LogP contribution in [0.15, 0.2) is 42.5 Å². The number of ether oxygens (including phenoxy) is 3. The summed E-state index contributed by atoms with van der Waals surface area (Å²) in [6, 6.07) is 12.3. The summed E-state index contributed by atoms with van der Waals surface area (Å²) in [5.74, 6) is -1.51. The van der Waals surface area contributed by atoms with Crippen molar-refractivity contribution in [3.05, 3.63) is 59.2 Å². The van der Waals surface area contributed by atoms with E-state index in [2.05, 4.69) is 28.8 Å². The number of carboxylic acids is 1. The first-order valence-corrected chi connectivity index (χ1v) is 19.6. The van der Waals surface area contributed by atoms with E-state index in [0.29, 0.717) is 30.2 Å². The van der Waals surface area contributed by atoms with Gasteiger partial charge < -0.3 is 24.6 Å². The Bertz CT molecular complexity index is 1390. The molecule has 1 heterocycles. The van der Waals surface area contributed by atoms with Crippen molar-refractivity contribution in [3.63, 3.8) is 0 Å². The maximum absolute atomic E-state index is 13.5. The number of likely N-dealkylation sites (tertiary alicyclic amines) is 1. The number of methoxy groups -OCH3 is 2. The van der Waals surface area contributed by atoms with E-state index >= 15 is 0 Å². The van der Waals surface area contributed by atoms with Gasteiger partial charge in [-0.3, -0.25) is 9.69 Å². The van der Waals surface area contributed by atoms with E-state index < -0.39 is 27.8 Å². The highest BCUT2D eigenvalue weighted by atomic mass is 32.2. The van der Waals surface area contributed by atoms with Crippen molar-refractivity contribution in [1.82, 2.24) is 10.2 Å². The molecule has 2 N–H and O–H groups in total. The lowest BCUT2D eigenvalue weighted by Crippen LogP contribution is -2.42. The number of sulfone groups is 1. The van der Waals surface area contributed by atoms with E-state index in [-0.39, 0.29) is 24.3 Å². The molecular formula is C38H60N2O8S. The number of nitrogens with zero attached hydrogens (tertiary/aromatic N) is 1. The van der Waals surface area contributed by atoms with Gasteiger partial charge >= 0.3 is 5.97 Å². The van der Waals surface area contributed by atoms with Gasteiger partial charge in [-0.2, -0.15) is 0 Å². The van der Waals surface area contributed by atoms with Crippen LogP contribution < -0.4 is 5.32 Å². The van der Waals surface area contributed by atoms with Gasteiger partial charge in [-0.05, 0) is 72.9 Å². The van der Waals surface area contributed by atoms with Crippen molar-refractivity contribution in [1.29, 1.82) is 0 Å². The molecule has 276 valence electrons. The summed E-state index contributed by atoms with van der Waals surface area (Å²) in [4.78, 5) is 27.7. The molecule has 0 aromatic heterocycles. The van der Waals surface area contributed by atoms with Crippen LogP contribution in [0.3, 0.4) is 0 Å². The van der Waals surface area contributed by atoms with Crippen molar-refractivity contribution in [3.8, 4) is 11.1 Å². The summed E-state index contributed by atoms with van der Waals surface area (Å²) in [7, 11) is 1.61. The Morgan fingerprint density at radius 3 is 2.24 bits per heavy atom. The zero-order valence-electron chi connectivity index (χ0n) is 30.7. The lowest BCUT2D eigenvalue weighted by molar-refractivity contribution is -0.139. The fourth-order valence-electron chi connectivity index (χ4n) is 6.25.